The molecule has 3 atom stereocenters. The van der Waals surface area contributed by atoms with Crippen molar-refractivity contribution in [1.29, 1.82) is 0 Å². The Morgan fingerprint density at radius 3 is 2.66 bits per heavy atom. The zero-order chi connectivity index (χ0) is 20.8. The molecule has 8 heteroatoms. The SMILES string of the molecule is CCOC(=O)C1CCC2(S(=O)(=O)c3ccc(F)cc3)c3ccc(O)nc3CCC12. The van der Waals surface area contributed by atoms with Gasteiger partial charge in [0, 0.05) is 11.8 Å². The monoisotopic (exact) mass is 419 g/mol. The summed E-state index contributed by atoms with van der Waals surface area (Å²) in [6.45, 7) is 1.95. The largest absolute Gasteiger partial charge is 0.493 e. The summed E-state index contributed by atoms with van der Waals surface area (Å²) in [6, 6.07) is 7.73. The number of carbonyl (C=O) groups is 1. The van der Waals surface area contributed by atoms with Crippen molar-refractivity contribution in [2.45, 2.75) is 42.2 Å². The second-order valence-electron chi connectivity index (χ2n) is 7.55. The minimum atomic E-state index is -3.98. The van der Waals surface area contributed by atoms with Crippen LogP contribution in [0, 0.1) is 17.7 Å². The molecule has 2 aliphatic rings. The number of aryl methyl sites for hydroxylation is 1. The van der Waals surface area contributed by atoms with E-state index in [1.54, 1.807) is 13.0 Å². The molecule has 2 aromatic rings. The van der Waals surface area contributed by atoms with Crippen molar-refractivity contribution < 1.29 is 27.4 Å². The van der Waals surface area contributed by atoms with Gasteiger partial charge in [0.05, 0.1) is 17.4 Å². The fourth-order valence-corrected chi connectivity index (χ4v) is 7.50. The first-order chi connectivity index (χ1) is 13.8. The highest BCUT2D eigenvalue weighted by atomic mass is 32.2. The molecule has 3 unspecified atom stereocenters. The molecule has 0 spiro atoms. The maximum absolute atomic E-state index is 13.9. The standard InChI is InChI=1S/C21H22FNO5S/c1-2-28-20(25)15-11-12-21(29(26,27)14-5-3-13(22)4-6-14)16(15)7-9-18-17(21)8-10-19(24)23-18/h3-6,8,10,15-16H,2,7,9,11-12H2,1H3,(H,23,24). The van der Waals surface area contributed by atoms with Crippen LogP contribution < -0.4 is 0 Å². The van der Waals surface area contributed by atoms with Gasteiger partial charge in [-0.3, -0.25) is 4.79 Å². The quantitative estimate of drug-likeness (QED) is 0.605. The highest BCUT2D eigenvalue weighted by Crippen LogP contribution is 2.59. The fraction of sp³-hybridized carbons (Fsp3) is 0.429. The number of ether oxygens (including phenoxy) is 1. The Hall–Kier alpha value is -2.48. The summed E-state index contributed by atoms with van der Waals surface area (Å²) in [5.41, 5.74) is 1.04. The average molecular weight is 419 g/mol. The molecule has 1 aromatic carbocycles. The van der Waals surface area contributed by atoms with Gasteiger partial charge < -0.3 is 9.84 Å². The predicted octanol–water partition coefficient (Wildman–Crippen LogP) is 3.13. The van der Waals surface area contributed by atoms with Crippen LogP contribution in [0.15, 0.2) is 41.3 Å². The van der Waals surface area contributed by atoms with Crippen molar-refractivity contribution in [2.24, 2.45) is 11.8 Å². The van der Waals surface area contributed by atoms with E-state index >= 15 is 0 Å². The first-order valence-electron chi connectivity index (χ1n) is 9.67. The highest BCUT2D eigenvalue weighted by Gasteiger charge is 2.62. The van der Waals surface area contributed by atoms with E-state index in [0.29, 0.717) is 30.5 Å². The number of pyridine rings is 1. The molecular weight excluding hydrogens is 397 g/mol. The van der Waals surface area contributed by atoms with E-state index in [0.717, 1.165) is 12.1 Å². The van der Waals surface area contributed by atoms with Gasteiger partial charge in [-0.2, -0.15) is 0 Å². The molecule has 1 heterocycles. The number of fused-ring (bicyclic) bond motifs is 3. The van der Waals surface area contributed by atoms with Crippen LogP contribution in [0.3, 0.4) is 0 Å². The Labute approximate surface area is 168 Å². The second kappa shape index (κ2) is 7.09. The van der Waals surface area contributed by atoms with E-state index in [9.17, 15) is 22.7 Å². The van der Waals surface area contributed by atoms with Crippen molar-refractivity contribution in [2.75, 3.05) is 6.61 Å². The third-order valence-electron chi connectivity index (χ3n) is 6.21. The Bertz CT molecular complexity index is 1050. The average Bonchev–Trinajstić information content (AvgIpc) is 3.10. The van der Waals surface area contributed by atoms with Gasteiger partial charge in [0.1, 0.15) is 10.6 Å². The lowest BCUT2D eigenvalue weighted by atomic mass is 9.75. The number of benzene rings is 1. The van der Waals surface area contributed by atoms with Crippen molar-refractivity contribution >= 4 is 15.8 Å². The van der Waals surface area contributed by atoms with Gasteiger partial charge in [-0.05, 0) is 68.4 Å². The minimum Gasteiger partial charge on any atom is -0.493 e. The van der Waals surface area contributed by atoms with Gasteiger partial charge in [0.15, 0.2) is 9.84 Å². The van der Waals surface area contributed by atoms with Gasteiger partial charge >= 0.3 is 5.97 Å². The summed E-state index contributed by atoms with van der Waals surface area (Å²) in [5.74, 6) is -2.09. The van der Waals surface area contributed by atoms with Gasteiger partial charge in [-0.25, -0.2) is 17.8 Å². The number of aromatic nitrogens is 1. The minimum absolute atomic E-state index is 0.00864. The molecule has 0 bridgehead atoms. The lowest BCUT2D eigenvalue weighted by Gasteiger charge is -2.41. The second-order valence-corrected chi connectivity index (χ2v) is 9.76. The Kier molecular flexibility index (Phi) is 4.85. The number of hydrogen-bond acceptors (Lipinski definition) is 6. The van der Waals surface area contributed by atoms with Gasteiger partial charge in [-0.1, -0.05) is 6.07 Å². The Morgan fingerprint density at radius 1 is 1.24 bits per heavy atom. The summed E-state index contributed by atoms with van der Waals surface area (Å²) >= 11 is 0. The molecule has 1 fully saturated rings. The molecule has 4 rings (SSSR count). The number of esters is 1. The van der Waals surface area contributed by atoms with Crippen molar-refractivity contribution in [3.63, 3.8) is 0 Å². The lowest BCUT2D eigenvalue weighted by molar-refractivity contribution is -0.149. The maximum Gasteiger partial charge on any atom is 0.309 e. The van der Waals surface area contributed by atoms with Crippen molar-refractivity contribution in [1.82, 2.24) is 4.98 Å². The van der Waals surface area contributed by atoms with E-state index in [1.807, 2.05) is 0 Å². The first kappa shape index (κ1) is 19.8. The van der Waals surface area contributed by atoms with E-state index in [-0.39, 0.29) is 29.8 Å². The highest BCUT2D eigenvalue weighted by molar-refractivity contribution is 7.92. The summed E-state index contributed by atoms with van der Waals surface area (Å²) in [5, 5.41) is 9.80. The number of carbonyl (C=O) groups excluding carboxylic acids is 1. The predicted molar refractivity (Wildman–Crippen MR) is 102 cm³/mol. The molecular formula is C21H22FNO5S. The van der Waals surface area contributed by atoms with Crippen LogP contribution in [0.4, 0.5) is 4.39 Å². The molecule has 2 aliphatic carbocycles. The molecule has 1 saturated carbocycles. The molecule has 0 saturated heterocycles. The zero-order valence-corrected chi connectivity index (χ0v) is 16.8. The van der Waals surface area contributed by atoms with Crippen LogP contribution in [0.2, 0.25) is 0 Å². The van der Waals surface area contributed by atoms with E-state index < -0.39 is 32.2 Å². The summed E-state index contributed by atoms with van der Waals surface area (Å²) in [7, 11) is -3.98. The number of aromatic hydroxyl groups is 1. The third-order valence-corrected chi connectivity index (χ3v) is 8.79. The molecule has 154 valence electrons. The first-order valence-corrected chi connectivity index (χ1v) is 11.2. The third kappa shape index (κ3) is 2.92. The Morgan fingerprint density at radius 2 is 1.97 bits per heavy atom. The number of halogens is 1. The molecule has 0 radical (unpaired) electrons. The van der Waals surface area contributed by atoms with Crippen LogP contribution in [0.5, 0.6) is 5.88 Å². The summed E-state index contributed by atoms with van der Waals surface area (Å²) < 4.78 is 45.1. The molecule has 29 heavy (non-hydrogen) atoms. The summed E-state index contributed by atoms with van der Waals surface area (Å²) in [4.78, 5) is 16.8. The van der Waals surface area contributed by atoms with Gasteiger partial charge in [0.2, 0.25) is 5.88 Å². The van der Waals surface area contributed by atoms with Crippen LogP contribution >= 0.6 is 0 Å². The maximum atomic E-state index is 13.9. The van der Waals surface area contributed by atoms with Crippen molar-refractivity contribution in [3.05, 3.63) is 53.5 Å². The molecule has 0 aliphatic heterocycles. The van der Waals surface area contributed by atoms with Crippen LogP contribution in [0.25, 0.3) is 0 Å². The van der Waals surface area contributed by atoms with Gasteiger partial charge in [0.25, 0.3) is 0 Å². The molecule has 1 aromatic heterocycles. The lowest BCUT2D eigenvalue weighted by Crippen LogP contribution is -2.45. The van der Waals surface area contributed by atoms with E-state index in [2.05, 4.69) is 4.98 Å². The van der Waals surface area contributed by atoms with Crippen LogP contribution in [0.1, 0.15) is 37.4 Å². The fourth-order valence-electron chi connectivity index (χ4n) is 5.04. The molecule has 1 N–H and O–H groups in total. The normalized spacial score (nSPS) is 25.9. The number of hydrogen-bond donors (Lipinski definition) is 1. The Balaban J connectivity index is 1.92. The molecule has 6 nitrogen and oxygen atoms in total. The van der Waals surface area contributed by atoms with Crippen LogP contribution in [-0.2, 0) is 30.5 Å². The van der Waals surface area contributed by atoms with E-state index in [1.165, 1.54) is 18.2 Å². The van der Waals surface area contributed by atoms with Crippen molar-refractivity contribution in [3.8, 4) is 5.88 Å². The topological polar surface area (TPSA) is 93.6 Å². The number of rotatable bonds is 4. The number of sulfone groups is 1. The molecule has 0 amide bonds. The number of nitrogens with zero attached hydrogens (tertiary/aromatic N) is 1. The zero-order valence-electron chi connectivity index (χ0n) is 16.0. The van der Waals surface area contributed by atoms with E-state index in [4.69, 9.17) is 4.74 Å². The smallest absolute Gasteiger partial charge is 0.309 e. The summed E-state index contributed by atoms with van der Waals surface area (Å²) in [6.07, 6.45) is 1.52. The van der Waals surface area contributed by atoms with Crippen LogP contribution in [-0.4, -0.2) is 31.1 Å². The van der Waals surface area contributed by atoms with Gasteiger partial charge in [-0.15, -0.1) is 0 Å².